The minimum absolute atomic E-state index is 0.173. The van der Waals surface area contributed by atoms with E-state index in [1.807, 2.05) is 26.8 Å². The van der Waals surface area contributed by atoms with Crippen LogP contribution in [0.2, 0.25) is 0 Å². The van der Waals surface area contributed by atoms with Crippen molar-refractivity contribution in [3.63, 3.8) is 0 Å². The number of aromatic nitrogens is 1. The van der Waals surface area contributed by atoms with Gasteiger partial charge in [0.2, 0.25) is 0 Å². The molecule has 2 heterocycles. The summed E-state index contributed by atoms with van der Waals surface area (Å²) in [6, 6.07) is 5.10. The zero-order valence-corrected chi connectivity index (χ0v) is 15.0. The van der Waals surface area contributed by atoms with Crippen LogP contribution < -0.4 is 5.32 Å². The quantitative estimate of drug-likeness (QED) is 0.893. The maximum absolute atomic E-state index is 12.9. The largest absolute Gasteiger partial charge is 0.480 e. The van der Waals surface area contributed by atoms with Crippen LogP contribution in [-0.4, -0.2) is 52.5 Å². The summed E-state index contributed by atoms with van der Waals surface area (Å²) in [5.74, 6) is -1.03. The van der Waals surface area contributed by atoms with Gasteiger partial charge in [-0.3, -0.25) is 19.5 Å². The molecular formula is C19H23N3O3. The first-order valence-corrected chi connectivity index (χ1v) is 8.38. The number of carbonyl (C=O) groups excluding carboxylic acids is 1. The number of nitrogens with one attached hydrogen (secondary N) is 1. The summed E-state index contributed by atoms with van der Waals surface area (Å²) in [4.78, 5) is 30.4. The Morgan fingerprint density at radius 2 is 1.96 bits per heavy atom. The fourth-order valence-corrected chi connectivity index (χ4v) is 3.65. The van der Waals surface area contributed by atoms with Crippen molar-refractivity contribution in [1.82, 2.24) is 15.2 Å². The van der Waals surface area contributed by atoms with Crippen molar-refractivity contribution in [2.24, 2.45) is 0 Å². The average Bonchev–Trinajstić information content (AvgIpc) is 2.88. The number of pyridine rings is 1. The van der Waals surface area contributed by atoms with Gasteiger partial charge < -0.3 is 10.4 Å². The van der Waals surface area contributed by atoms with Crippen molar-refractivity contribution in [2.45, 2.75) is 39.3 Å². The van der Waals surface area contributed by atoms with Crippen molar-refractivity contribution in [3.05, 3.63) is 40.6 Å². The molecule has 1 aliphatic rings. The summed E-state index contributed by atoms with van der Waals surface area (Å²) in [5.41, 5.74) is 4.34. The van der Waals surface area contributed by atoms with Crippen LogP contribution in [0.15, 0.2) is 18.2 Å². The molecule has 2 atom stereocenters. The van der Waals surface area contributed by atoms with Crippen molar-refractivity contribution in [2.75, 3.05) is 13.6 Å². The van der Waals surface area contributed by atoms with Crippen LogP contribution >= 0.6 is 0 Å². The molecule has 1 saturated heterocycles. The second kappa shape index (κ2) is 6.44. The molecule has 25 heavy (non-hydrogen) atoms. The number of carboxylic acid groups (broad SMARTS) is 1. The van der Waals surface area contributed by atoms with Crippen LogP contribution in [0.25, 0.3) is 10.9 Å². The molecule has 1 aromatic carbocycles. The number of nitrogens with zero attached hydrogens (tertiary/aromatic N) is 2. The Morgan fingerprint density at radius 1 is 1.24 bits per heavy atom. The molecule has 0 bridgehead atoms. The Balaban J connectivity index is 1.92. The van der Waals surface area contributed by atoms with Gasteiger partial charge in [0.15, 0.2) is 0 Å². The van der Waals surface area contributed by atoms with Crippen molar-refractivity contribution in [3.8, 4) is 0 Å². The molecule has 0 radical (unpaired) electrons. The van der Waals surface area contributed by atoms with Crippen LogP contribution in [0, 0.1) is 20.8 Å². The number of likely N-dealkylation sites (N-methyl/N-ethyl adjacent to an activating group) is 1. The average molecular weight is 341 g/mol. The van der Waals surface area contributed by atoms with Crippen LogP contribution in [0.4, 0.5) is 0 Å². The number of amides is 1. The van der Waals surface area contributed by atoms with E-state index in [9.17, 15) is 14.7 Å². The van der Waals surface area contributed by atoms with Gasteiger partial charge in [-0.1, -0.05) is 11.6 Å². The van der Waals surface area contributed by atoms with Crippen molar-refractivity contribution < 1.29 is 14.7 Å². The van der Waals surface area contributed by atoms with Gasteiger partial charge in [0.1, 0.15) is 6.04 Å². The molecule has 1 amide bonds. The van der Waals surface area contributed by atoms with E-state index in [4.69, 9.17) is 0 Å². The predicted molar refractivity (Wildman–Crippen MR) is 95.9 cm³/mol. The molecule has 1 aromatic heterocycles. The normalized spacial score (nSPS) is 20.8. The second-order valence-electron chi connectivity index (χ2n) is 6.99. The Morgan fingerprint density at radius 3 is 2.60 bits per heavy atom. The first-order chi connectivity index (χ1) is 11.8. The summed E-state index contributed by atoms with van der Waals surface area (Å²) in [6.45, 7) is 6.40. The van der Waals surface area contributed by atoms with E-state index in [2.05, 4.69) is 16.4 Å². The third-order valence-corrected chi connectivity index (χ3v) is 4.79. The van der Waals surface area contributed by atoms with Crippen LogP contribution in [-0.2, 0) is 4.79 Å². The van der Waals surface area contributed by atoms with Crippen molar-refractivity contribution >= 4 is 22.8 Å². The number of likely N-dealkylation sites (tertiary alicyclic amines) is 1. The molecule has 0 aliphatic carbocycles. The summed E-state index contributed by atoms with van der Waals surface area (Å²) >= 11 is 0. The summed E-state index contributed by atoms with van der Waals surface area (Å²) in [5, 5.41) is 13.1. The number of carboxylic acids is 1. The van der Waals surface area contributed by atoms with E-state index >= 15 is 0 Å². The topological polar surface area (TPSA) is 82.5 Å². The summed E-state index contributed by atoms with van der Waals surface area (Å²) < 4.78 is 0. The number of hydrogen-bond acceptors (Lipinski definition) is 4. The van der Waals surface area contributed by atoms with Gasteiger partial charge in [0.05, 0.1) is 11.1 Å². The number of rotatable bonds is 3. The lowest BCUT2D eigenvalue weighted by atomic mass is 10.0. The van der Waals surface area contributed by atoms with E-state index < -0.39 is 12.0 Å². The zero-order valence-electron chi connectivity index (χ0n) is 15.0. The molecule has 2 N–H and O–H groups in total. The highest BCUT2D eigenvalue weighted by molar-refractivity contribution is 6.07. The SMILES string of the molecule is Cc1cc(C)c2nc(C)cc(C(=O)N[C@H]3C[C@@H](C(=O)O)N(C)C3)c2c1. The first kappa shape index (κ1) is 17.4. The fourth-order valence-electron chi connectivity index (χ4n) is 3.65. The van der Waals surface area contributed by atoms with Gasteiger partial charge in [-0.25, -0.2) is 0 Å². The molecule has 3 rings (SSSR count). The number of carbonyl (C=O) groups is 2. The third kappa shape index (κ3) is 3.35. The van der Waals surface area contributed by atoms with E-state index in [0.717, 1.165) is 27.7 Å². The second-order valence-corrected chi connectivity index (χ2v) is 6.99. The molecule has 132 valence electrons. The minimum atomic E-state index is -0.851. The van der Waals surface area contributed by atoms with Gasteiger partial charge in [-0.05, 0) is 51.9 Å². The first-order valence-electron chi connectivity index (χ1n) is 8.38. The van der Waals surface area contributed by atoms with Gasteiger partial charge >= 0.3 is 5.97 Å². The smallest absolute Gasteiger partial charge is 0.320 e. The standard InChI is InChI=1S/C19H23N3O3/c1-10-5-11(2)17-14(6-10)15(7-12(3)20-17)18(23)21-13-8-16(19(24)25)22(4)9-13/h5-7,13,16H,8-9H2,1-4H3,(H,21,23)(H,24,25)/t13-,16-/m0/s1. The zero-order chi connectivity index (χ0) is 18.3. The maximum atomic E-state index is 12.9. The molecule has 2 aromatic rings. The fraction of sp³-hybridized carbons (Fsp3) is 0.421. The summed E-state index contributed by atoms with van der Waals surface area (Å²) in [6.07, 6.45) is 0.414. The summed E-state index contributed by atoms with van der Waals surface area (Å²) in [7, 11) is 1.77. The van der Waals surface area contributed by atoms with Gasteiger partial charge in [-0.15, -0.1) is 0 Å². The number of hydrogen-bond donors (Lipinski definition) is 2. The Labute approximate surface area is 146 Å². The Hall–Kier alpha value is -2.47. The molecule has 1 aliphatic heterocycles. The Kier molecular flexibility index (Phi) is 4.47. The number of aryl methyl sites for hydroxylation is 3. The van der Waals surface area contributed by atoms with Gasteiger partial charge in [0, 0.05) is 23.7 Å². The predicted octanol–water partition coefficient (Wildman–Crippen LogP) is 2.05. The van der Waals surface area contributed by atoms with Crippen LogP contribution in [0.1, 0.15) is 33.6 Å². The molecule has 6 heteroatoms. The lowest BCUT2D eigenvalue weighted by Gasteiger charge is -2.15. The van der Waals surface area contributed by atoms with Crippen LogP contribution in [0.3, 0.4) is 0 Å². The van der Waals surface area contributed by atoms with E-state index in [1.165, 1.54) is 0 Å². The van der Waals surface area contributed by atoms with E-state index in [0.29, 0.717) is 18.5 Å². The molecule has 0 spiro atoms. The van der Waals surface area contributed by atoms with Gasteiger partial charge in [-0.2, -0.15) is 0 Å². The third-order valence-electron chi connectivity index (χ3n) is 4.79. The highest BCUT2D eigenvalue weighted by Gasteiger charge is 2.35. The van der Waals surface area contributed by atoms with Gasteiger partial charge in [0.25, 0.3) is 5.91 Å². The lowest BCUT2D eigenvalue weighted by Crippen LogP contribution is -2.36. The number of aliphatic carboxylic acids is 1. The molecule has 6 nitrogen and oxygen atoms in total. The van der Waals surface area contributed by atoms with Crippen LogP contribution in [0.5, 0.6) is 0 Å². The number of benzene rings is 1. The molecule has 0 saturated carbocycles. The molecule has 1 fully saturated rings. The monoisotopic (exact) mass is 341 g/mol. The van der Waals surface area contributed by atoms with E-state index in [-0.39, 0.29) is 11.9 Å². The molecule has 0 unspecified atom stereocenters. The van der Waals surface area contributed by atoms with E-state index in [1.54, 1.807) is 18.0 Å². The Bertz CT molecular complexity index is 863. The lowest BCUT2D eigenvalue weighted by molar-refractivity contribution is -0.141. The minimum Gasteiger partial charge on any atom is -0.480 e. The van der Waals surface area contributed by atoms with Crippen molar-refractivity contribution in [1.29, 1.82) is 0 Å². The number of fused-ring (bicyclic) bond motifs is 1. The highest BCUT2D eigenvalue weighted by Crippen LogP contribution is 2.24. The molecular weight excluding hydrogens is 318 g/mol. The highest BCUT2D eigenvalue weighted by atomic mass is 16.4. The maximum Gasteiger partial charge on any atom is 0.320 e.